The molecule has 2 heteroatoms. The van der Waals surface area contributed by atoms with E-state index < -0.39 is 17.0 Å². The van der Waals surface area contributed by atoms with Crippen LogP contribution in [0.3, 0.4) is 0 Å². The molecule has 0 atom stereocenters. The van der Waals surface area contributed by atoms with Crippen molar-refractivity contribution >= 4 is 5.78 Å². The van der Waals surface area contributed by atoms with Crippen LogP contribution in [-0.2, 0) is 17.6 Å². The fourth-order valence-electron chi connectivity index (χ4n) is 9.56. The Bertz CT molecular complexity index is 1070. The van der Waals surface area contributed by atoms with Crippen molar-refractivity contribution in [3.63, 3.8) is 0 Å². The third-order valence-corrected chi connectivity index (χ3v) is 12.7. The summed E-state index contributed by atoms with van der Waals surface area (Å²) < 4.78 is 16.3. The topological polar surface area (TPSA) is 17.1 Å². The van der Waals surface area contributed by atoms with Gasteiger partial charge in [-0.25, -0.2) is 4.39 Å². The molecule has 0 aromatic heterocycles. The number of carbonyl (C=O) groups is 1. The summed E-state index contributed by atoms with van der Waals surface area (Å²) in [4.78, 5) is 13.9. The fourth-order valence-corrected chi connectivity index (χ4v) is 9.56. The van der Waals surface area contributed by atoms with E-state index in [1.54, 1.807) is 0 Å². The third-order valence-electron chi connectivity index (χ3n) is 12.7. The Labute approximate surface area is 281 Å². The lowest BCUT2D eigenvalue weighted by atomic mass is 9.41. The zero-order chi connectivity index (χ0) is 32.2. The highest BCUT2D eigenvalue weighted by molar-refractivity contribution is 5.98. The quantitative estimate of drug-likeness (QED) is 0.150. The van der Waals surface area contributed by atoms with E-state index in [1.807, 2.05) is 0 Å². The maximum Gasteiger partial charge on any atom is 0.151 e. The molecule has 2 aromatic carbocycles. The van der Waals surface area contributed by atoms with Gasteiger partial charge in [0.1, 0.15) is 6.17 Å². The van der Waals surface area contributed by atoms with Crippen LogP contribution < -0.4 is 0 Å². The first-order valence-electron chi connectivity index (χ1n) is 19.9. The van der Waals surface area contributed by atoms with Gasteiger partial charge in [-0.2, -0.15) is 0 Å². The lowest BCUT2D eigenvalue weighted by Gasteiger charge is -2.61. The first kappa shape index (κ1) is 35.3. The van der Waals surface area contributed by atoms with Gasteiger partial charge in [-0.05, 0) is 111 Å². The molecule has 3 saturated carbocycles. The average Bonchev–Trinajstić information content (AvgIpc) is 3.11. The first-order valence-corrected chi connectivity index (χ1v) is 19.9. The molecule has 0 amide bonds. The van der Waals surface area contributed by atoms with Crippen LogP contribution in [0.2, 0.25) is 0 Å². The van der Waals surface area contributed by atoms with Crippen molar-refractivity contribution in [3.05, 3.63) is 70.8 Å². The van der Waals surface area contributed by atoms with Gasteiger partial charge in [-0.1, -0.05) is 139 Å². The van der Waals surface area contributed by atoms with E-state index in [2.05, 4.69) is 62.4 Å². The van der Waals surface area contributed by atoms with Gasteiger partial charge in [-0.3, -0.25) is 4.79 Å². The molecule has 3 aliphatic carbocycles. The number of unbranched alkanes of at least 4 members (excludes halogenated alkanes) is 12. The Morgan fingerprint density at radius 2 is 0.848 bits per heavy atom. The summed E-state index contributed by atoms with van der Waals surface area (Å²) >= 11 is 0. The average molecular weight is 629 g/mol. The number of hydrogen-bond acceptors (Lipinski definition) is 1. The van der Waals surface area contributed by atoms with Crippen molar-refractivity contribution in [2.75, 3.05) is 0 Å². The van der Waals surface area contributed by atoms with Gasteiger partial charge < -0.3 is 0 Å². The summed E-state index contributed by atoms with van der Waals surface area (Å²) in [7, 11) is 0. The van der Waals surface area contributed by atoms with Gasteiger partial charge >= 0.3 is 0 Å². The van der Waals surface area contributed by atoms with E-state index in [4.69, 9.17) is 0 Å². The number of benzene rings is 2. The van der Waals surface area contributed by atoms with Crippen molar-refractivity contribution in [2.24, 2.45) is 10.8 Å². The number of aryl methyl sites for hydroxylation is 2. The third kappa shape index (κ3) is 8.36. The standard InChI is InChI=1S/C44H65FO/c1-3-5-7-9-11-13-15-17-35-19-23-37(24-20-35)39-27-31-43(32-28-39)41(45)44(42(43)46)33-29-40(30-34-44)38-25-21-36(22-26-38)18-16-14-12-10-8-6-4-2/h19-26,39-41H,3-18,27-34H2,1-2H3. The van der Waals surface area contributed by atoms with Crippen LogP contribution >= 0.6 is 0 Å². The molecule has 3 aliphatic rings. The van der Waals surface area contributed by atoms with Crippen molar-refractivity contribution in [3.8, 4) is 0 Å². The molecule has 46 heavy (non-hydrogen) atoms. The summed E-state index contributed by atoms with van der Waals surface area (Å²) in [6.45, 7) is 4.55. The zero-order valence-corrected chi connectivity index (χ0v) is 29.6. The van der Waals surface area contributed by atoms with E-state index in [-0.39, 0.29) is 0 Å². The number of carbonyl (C=O) groups excluding carboxylic acids is 1. The molecule has 0 N–H and O–H groups in total. The van der Waals surface area contributed by atoms with E-state index in [9.17, 15) is 4.79 Å². The van der Waals surface area contributed by atoms with Crippen molar-refractivity contribution in [1.82, 2.24) is 0 Å². The SMILES string of the molecule is CCCCCCCCCc1ccc(C2CCC3(CC2)C(=O)C2(CCC(c4ccc(CCCCCCCCC)cc4)CC2)C3F)cc1. The highest BCUT2D eigenvalue weighted by Crippen LogP contribution is 2.66. The normalized spacial score (nSPS) is 27.7. The van der Waals surface area contributed by atoms with Gasteiger partial charge in [0.25, 0.3) is 0 Å². The summed E-state index contributed by atoms with van der Waals surface area (Å²) in [6.07, 6.45) is 27.1. The fraction of sp³-hybridized carbons (Fsp3) is 0.705. The van der Waals surface area contributed by atoms with Crippen LogP contribution in [-0.4, -0.2) is 12.0 Å². The maximum atomic E-state index is 16.3. The lowest BCUT2D eigenvalue weighted by molar-refractivity contribution is -0.191. The lowest BCUT2D eigenvalue weighted by Crippen LogP contribution is -2.69. The molecule has 3 fully saturated rings. The second-order valence-electron chi connectivity index (χ2n) is 15.8. The smallest absolute Gasteiger partial charge is 0.151 e. The minimum absolute atomic E-state index is 0.291. The number of alkyl halides is 1. The van der Waals surface area contributed by atoms with E-state index in [1.165, 1.54) is 125 Å². The summed E-state index contributed by atoms with van der Waals surface area (Å²) in [5.41, 5.74) is 4.31. The molecule has 5 rings (SSSR count). The van der Waals surface area contributed by atoms with E-state index in [0.717, 1.165) is 51.4 Å². The van der Waals surface area contributed by atoms with Crippen molar-refractivity contribution < 1.29 is 9.18 Å². The minimum Gasteiger partial charge on any atom is -0.298 e. The molecule has 0 unspecified atom stereocenters. The molecule has 0 radical (unpaired) electrons. The molecule has 0 bridgehead atoms. The number of Topliss-reactive ketones (excluding diaryl/α,β-unsaturated/α-hetero) is 1. The molecule has 0 heterocycles. The van der Waals surface area contributed by atoms with Gasteiger partial charge in [0.05, 0.1) is 10.8 Å². The van der Waals surface area contributed by atoms with Crippen LogP contribution in [0.1, 0.15) is 189 Å². The zero-order valence-electron chi connectivity index (χ0n) is 29.6. The number of rotatable bonds is 18. The van der Waals surface area contributed by atoms with Crippen molar-refractivity contribution in [2.45, 2.75) is 186 Å². The molecule has 2 aromatic rings. The molecule has 0 aliphatic heterocycles. The van der Waals surface area contributed by atoms with Crippen LogP contribution in [0, 0.1) is 10.8 Å². The van der Waals surface area contributed by atoms with E-state index >= 15 is 4.39 Å². The molecule has 254 valence electrons. The monoisotopic (exact) mass is 629 g/mol. The second kappa shape index (κ2) is 17.4. The summed E-state index contributed by atoms with van der Waals surface area (Å²) in [5.74, 6) is 1.23. The molecule has 2 spiro atoms. The minimum atomic E-state index is -0.942. The van der Waals surface area contributed by atoms with Crippen LogP contribution in [0.5, 0.6) is 0 Å². The summed E-state index contributed by atoms with van der Waals surface area (Å²) in [5, 5.41) is 0. The number of ketones is 1. The highest BCUT2D eigenvalue weighted by atomic mass is 19.1. The number of hydrogen-bond donors (Lipinski definition) is 0. The van der Waals surface area contributed by atoms with Crippen LogP contribution in [0.25, 0.3) is 0 Å². The highest BCUT2D eigenvalue weighted by Gasteiger charge is 2.71. The Kier molecular flexibility index (Phi) is 13.4. The Balaban J connectivity index is 1.02. The first-order chi connectivity index (χ1) is 22.5. The predicted octanol–water partition coefficient (Wildman–Crippen LogP) is 13.2. The van der Waals surface area contributed by atoms with Gasteiger partial charge in [0, 0.05) is 0 Å². The van der Waals surface area contributed by atoms with Crippen LogP contribution in [0.15, 0.2) is 48.5 Å². The van der Waals surface area contributed by atoms with Gasteiger partial charge in [0.15, 0.2) is 5.78 Å². The Morgan fingerprint density at radius 3 is 1.17 bits per heavy atom. The van der Waals surface area contributed by atoms with E-state index in [0.29, 0.717) is 17.6 Å². The Hall–Kier alpha value is -1.96. The molecule has 1 nitrogen and oxygen atoms in total. The Morgan fingerprint density at radius 1 is 0.522 bits per heavy atom. The second-order valence-corrected chi connectivity index (χ2v) is 15.8. The maximum absolute atomic E-state index is 16.3. The number of halogens is 1. The predicted molar refractivity (Wildman–Crippen MR) is 193 cm³/mol. The largest absolute Gasteiger partial charge is 0.298 e. The van der Waals surface area contributed by atoms with Gasteiger partial charge in [-0.15, -0.1) is 0 Å². The summed E-state index contributed by atoms with van der Waals surface area (Å²) in [6, 6.07) is 18.6. The molecular weight excluding hydrogens is 563 g/mol. The molecular formula is C44H65FO. The van der Waals surface area contributed by atoms with Gasteiger partial charge in [0.2, 0.25) is 0 Å². The van der Waals surface area contributed by atoms with Crippen molar-refractivity contribution in [1.29, 1.82) is 0 Å². The molecule has 0 saturated heterocycles. The van der Waals surface area contributed by atoms with Crippen LogP contribution in [0.4, 0.5) is 4.39 Å².